The highest BCUT2D eigenvalue weighted by Gasteiger charge is 2.22. The molecule has 7 heteroatoms. The van der Waals surface area contributed by atoms with Crippen LogP contribution in [0, 0.1) is 0 Å². The minimum Gasteiger partial charge on any atom is -0.394 e. The number of aromatic nitrogens is 2. The van der Waals surface area contributed by atoms with E-state index in [9.17, 15) is 4.79 Å². The summed E-state index contributed by atoms with van der Waals surface area (Å²) >= 11 is 6.06. The summed E-state index contributed by atoms with van der Waals surface area (Å²) in [4.78, 5) is 14.3. The zero-order valence-corrected chi connectivity index (χ0v) is 12.4. The summed E-state index contributed by atoms with van der Waals surface area (Å²) in [7, 11) is 0. The van der Waals surface area contributed by atoms with Crippen LogP contribution in [0.3, 0.4) is 0 Å². The molecule has 1 aliphatic heterocycles. The lowest BCUT2D eigenvalue weighted by Crippen LogP contribution is -2.35. The van der Waals surface area contributed by atoms with Gasteiger partial charge >= 0.3 is 0 Å². The van der Waals surface area contributed by atoms with Crippen LogP contribution in [-0.2, 0) is 6.54 Å². The summed E-state index contributed by atoms with van der Waals surface area (Å²) in [5.41, 5.74) is 0.193. The van der Waals surface area contributed by atoms with E-state index in [4.69, 9.17) is 16.7 Å². The molecule has 1 aromatic heterocycles. The summed E-state index contributed by atoms with van der Waals surface area (Å²) < 4.78 is 1.17. The predicted molar refractivity (Wildman–Crippen MR) is 79.4 cm³/mol. The number of halogens is 1. The SMILES string of the molecule is CCN1CCCC1CNc1cnn(CCO)c(=O)c1Cl. The van der Waals surface area contributed by atoms with Crippen LogP contribution < -0.4 is 10.9 Å². The number of nitrogens with zero attached hydrogens (tertiary/aromatic N) is 3. The number of likely N-dealkylation sites (tertiary alicyclic amines) is 1. The molecule has 0 radical (unpaired) electrons. The molecule has 2 N–H and O–H groups in total. The molecule has 1 unspecified atom stereocenters. The zero-order valence-electron chi connectivity index (χ0n) is 11.7. The molecule has 0 bridgehead atoms. The lowest BCUT2D eigenvalue weighted by molar-refractivity contribution is 0.266. The molecule has 2 heterocycles. The Balaban J connectivity index is 2.03. The fourth-order valence-electron chi connectivity index (χ4n) is 2.61. The highest BCUT2D eigenvalue weighted by Crippen LogP contribution is 2.19. The van der Waals surface area contributed by atoms with Gasteiger partial charge in [-0.25, -0.2) is 4.68 Å². The molecular formula is C13H21ClN4O2. The van der Waals surface area contributed by atoms with E-state index in [1.807, 2.05) is 0 Å². The van der Waals surface area contributed by atoms with Crippen LogP contribution in [0.4, 0.5) is 5.69 Å². The molecule has 1 aromatic rings. The van der Waals surface area contributed by atoms with Crippen LogP contribution >= 0.6 is 11.6 Å². The number of anilines is 1. The van der Waals surface area contributed by atoms with Gasteiger partial charge in [0.2, 0.25) is 0 Å². The largest absolute Gasteiger partial charge is 0.394 e. The molecule has 1 aliphatic rings. The molecule has 1 fully saturated rings. The maximum atomic E-state index is 11.9. The minimum atomic E-state index is -0.371. The Bertz CT molecular complexity index is 506. The first-order chi connectivity index (χ1) is 9.67. The van der Waals surface area contributed by atoms with Crippen molar-refractivity contribution in [2.45, 2.75) is 32.4 Å². The topological polar surface area (TPSA) is 70.4 Å². The maximum absolute atomic E-state index is 11.9. The van der Waals surface area contributed by atoms with Crippen molar-refractivity contribution in [1.29, 1.82) is 0 Å². The van der Waals surface area contributed by atoms with E-state index in [0.717, 1.165) is 26.1 Å². The van der Waals surface area contributed by atoms with E-state index >= 15 is 0 Å². The van der Waals surface area contributed by atoms with Crippen molar-refractivity contribution < 1.29 is 5.11 Å². The van der Waals surface area contributed by atoms with E-state index in [-0.39, 0.29) is 23.7 Å². The smallest absolute Gasteiger partial charge is 0.287 e. The highest BCUT2D eigenvalue weighted by molar-refractivity contribution is 6.32. The van der Waals surface area contributed by atoms with Gasteiger partial charge in [-0.05, 0) is 25.9 Å². The Morgan fingerprint density at radius 3 is 3.10 bits per heavy atom. The Kier molecular flexibility index (Phi) is 5.39. The molecule has 0 saturated carbocycles. The van der Waals surface area contributed by atoms with E-state index in [0.29, 0.717) is 11.7 Å². The Labute approximate surface area is 123 Å². The average Bonchev–Trinajstić information content (AvgIpc) is 2.91. The molecule has 112 valence electrons. The quantitative estimate of drug-likeness (QED) is 0.813. The van der Waals surface area contributed by atoms with Gasteiger partial charge < -0.3 is 10.4 Å². The third-order valence-electron chi connectivity index (χ3n) is 3.73. The third-order valence-corrected chi connectivity index (χ3v) is 4.10. The molecule has 6 nitrogen and oxygen atoms in total. The fraction of sp³-hybridized carbons (Fsp3) is 0.692. The van der Waals surface area contributed by atoms with Crippen LogP contribution in [0.15, 0.2) is 11.0 Å². The van der Waals surface area contributed by atoms with Crippen LogP contribution in [0.2, 0.25) is 5.02 Å². The molecule has 0 aromatic carbocycles. The van der Waals surface area contributed by atoms with Crippen LogP contribution in [0.25, 0.3) is 0 Å². The molecule has 0 amide bonds. The van der Waals surface area contributed by atoms with E-state index in [1.54, 1.807) is 6.20 Å². The number of aliphatic hydroxyl groups is 1. The Morgan fingerprint density at radius 2 is 2.40 bits per heavy atom. The van der Waals surface area contributed by atoms with E-state index in [1.165, 1.54) is 11.1 Å². The number of hydrogen-bond acceptors (Lipinski definition) is 5. The van der Waals surface area contributed by atoms with Gasteiger partial charge in [-0.1, -0.05) is 18.5 Å². The van der Waals surface area contributed by atoms with E-state index in [2.05, 4.69) is 22.2 Å². The standard InChI is InChI=1S/C13H21ClN4O2/c1-2-17-5-3-4-10(17)8-15-11-9-16-18(6-7-19)13(20)12(11)14/h9-10,15,19H,2-8H2,1H3. The first-order valence-electron chi connectivity index (χ1n) is 7.01. The number of aliphatic hydroxyl groups excluding tert-OH is 1. The second-order valence-electron chi connectivity index (χ2n) is 4.93. The van der Waals surface area contributed by atoms with Gasteiger partial charge in [0.1, 0.15) is 5.02 Å². The summed E-state index contributed by atoms with van der Waals surface area (Å²) in [6.45, 7) is 5.11. The summed E-state index contributed by atoms with van der Waals surface area (Å²) in [6, 6.07) is 0.482. The Hall–Kier alpha value is -1.11. The van der Waals surface area contributed by atoms with Crippen molar-refractivity contribution in [3.05, 3.63) is 21.6 Å². The first-order valence-corrected chi connectivity index (χ1v) is 7.39. The molecule has 1 atom stereocenters. The normalized spacial score (nSPS) is 19.4. The molecule has 1 saturated heterocycles. The second kappa shape index (κ2) is 7.06. The number of hydrogen-bond donors (Lipinski definition) is 2. The van der Waals surface area contributed by atoms with Gasteiger partial charge in [0.25, 0.3) is 5.56 Å². The van der Waals surface area contributed by atoms with Crippen molar-refractivity contribution in [2.24, 2.45) is 0 Å². The molecular weight excluding hydrogens is 280 g/mol. The minimum absolute atomic E-state index is 0.134. The molecule has 0 spiro atoms. The van der Waals surface area contributed by atoms with Crippen molar-refractivity contribution in [2.75, 3.05) is 31.6 Å². The molecule has 2 rings (SSSR count). The van der Waals surface area contributed by atoms with Crippen LogP contribution in [0.5, 0.6) is 0 Å². The fourth-order valence-corrected chi connectivity index (χ4v) is 2.83. The zero-order chi connectivity index (χ0) is 14.5. The van der Waals surface area contributed by atoms with Gasteiger partial charge in [0.15, 0.2) is 0 Å². The van der Waals surface area contributed by atoms with Crippen LogP contribution in [0.1, 0.15) is 19.8 Å². The van der Waals surface area contributed by atoms with Crippen molar-refractivity contribution in [3.63, 3.8) is 0 Å². The van der Waals surface area contributed by atoms with Crippen molar-refractivity contribution in [1.82, 2.24) is 14.7 Å². The summed E-state index contributed by atoms with van der Waals surface area (Å²) in [5.74, 6) is 0. The third kappa shape index (κ3) is 3.31. The number of rotatable bonds is 6. The predicted octanol–water partition coefficient (Wildman–Crippen LogP) is 0.785. The van der Waals surface area contributed by atoms with Crippen LogP contribution in [-0.4, -0.2) is 52.1 Å². The van der Waals surface area contributed by atoms with Gasteiger partial charge in [0, 0.05) is 12.6 Å². The lowest BCUT2D eigenvalue weighted by Gasteiger charge is -2.23. The van der Waals surface area contributed by atoms with Gasteiger partial charge in [-0.2, -0.15) is 5.10 Å². The second-order valence-corrected chi connectivity index (χ2v) is 5.31. The monoisotopic (exact) mass is 300 g/mol. The Morgan fingerprint density at radius 1 is 1.60 bits per heavy atom. The summed E-state index contributed by atoms with van der Waals surface area (Å²) in [5, 5.41) is 16.2. The number of likely N-dealkylation sites (N-methyl/N-ethyl adjacent to an activating group) is 1. The van der Waals surface area contributed by atoms with Gasteiger partial charge in [-0.15, -0.1) is 0 Å². The summed E-state index contributed by atoms with van der Waals surface area (Å²) in [6.07, 6.45) is 3.92. The maximum Gasteiger partial charge on any atom is 0.287 e. The highest BCUT2D eigenvalue weighted by atomic mass is 35.5. The van der Waals surface area contributed by atoms with Gasteiger partial charge in [-0.3, -0.25) is 9.69 Å². The van der Waals surface area contributed by atoms with E-state index < -0.39 is 0 Å². The lowest BCUT2D eigenvalue weighted by atomic mass is 10.2. The van der Waals surface area contributed by atoms with Crippen molar-refractivity contribution >= 4 is 17.3 Å². The van der Waals surface area contributed by atoms with Crippen molar-refractivity contribution in [3.8, 4) is 0 Å². The molecule has 20 heavy (non-hydrogen) atoms. The van der Waals surface area contributed by atoms with Gasteiger partial charge in [0.05, 0.1) is 25.0 Å². The first kappa shape index (κ1) is 15.3. The average molecular weight is 301 g/mol. The number of nitrogens with one attached hydrogen (secondary N) is 1. The molecule has 0 aliphatic carbocycles.